The van der Waals surface area contributed by atoms with Gasteiger partial charge in [-0.25, -0.2) is 8.42 Å². The lowest BCUT2D eigenvalue weighted by Crippen LogP contribution is -2.17. The number of carbonyl (C=O) groups excluding carboxylic acids is 1. The molecule has 158 valence electrons. The molecule has 3 aromatic rings. The Balaban J connectivity index is 2.11. The topological polar surface area (TPSA) is 68.5 Å². The number of allylic oxidation sites excluding steroid dienone is 1. The van der Waals surface area contributed by atoms with E-state index in [-0.39, 0.29) is 10.5 Å². The van der Waals surface area contributed by atoms with Crippen LogP contribution in [0.5, 0.6) is 0 Å². The fraction of sp³-hybridized carbons (Fsp3) is 0.304. The molecule has 1 amide bonds. The van der Waals surface area contributed by atoms with Crippen molar-refractivity contribution in [2.45, 2.75) is 50.3 Å². The Morgan fingerprint density at radius 3 is 2.53 bits per heavy atom. The second kappa shape index (κ2) is 8.70. The van der Waals surface area contributed by atoms with Crippen LogP contribution in [0.4, 0.5) is 0 Å². The summed E-state index contributed by atoms with van der Waals surface area (Å²) in [5.41, 5.74) is 2.47. The highest BCUT2D eigenvalue weighted by atomic mass is 32.2. The van der Waals surface area contributed by atoms with Gasteiger partial charge in [0.2, 0.25) is 0 Å². The molecule has 5 nitrogen and oxygen atoms in total. The summed E-state index contributed by atoms with van der Waals surface area (Å²) in [6.07, 6.45) is 1.77. The van der Waals surface area contributed by atoms with E-state index in [1.807, 2.05) is 10.6 Å². The van der Waals surface area contributed by atoms with E-state index in [1.165, 1.54) is 29.0 Å². The van der Waals surface area contributed by atoms with Crippen molar-refractivity contribution in [1.82, 2.24) is 4.57 Å². The Hall–Kier alpha value is -2.51. The van der Waals surface area contributed by atoms with E-state index < -0.39 is 21.0 Å². The zero-order chi connectivity index (χ0) is 22.1. The van der Waals surface area contributed by atoms with Crippen molar-refractivity contribution in [3.8, 4) is 0 Å². The first-order valence-electron chi connectivity index (χ1n) is 9.82. The minimum Gasteiger partial charge on any atom is -0.312 e. The highest BCUT2D eigenvalue weighted by molar-refractivity contribution is 7.92. The number of nitrogens with zero attached hydrogens (tertiary/aromatic N) is 2. The third-order valence-electron chi connectivity index (χ3n) is 4.91. The molecule has 0 saturated carbocycles. The second-order valence-electron chi connectivity index (χ2n) is 7.70. The zero-order valence-electron chi connectivity index (χ0n) is 17.6. The molecule has 0 aliphatic rings. The van der Waals surface area contributed by atoms with E-state index >= 15 is 0 Å². The molecule has 0 aliphatic heterocycles. The number of hydrogen-bond donors (Lipinski definition) is 0. The Morgan fingerprint density at radius 2 is 1.90 bits per heavy atom. The molecule has 0 bridgehead atoms. The third kappa shape index (κ3) is 4.32. The maximum Gasteiger partial charge on any atom is 0.279 e. The van der Waals surface area contributed by atoms with Crippen LogP contribution in [0, 0.1) is 0 Å². The summed E-state index contributed by atoms with van der Waals surface area (Å²) in [5, 5.41) is -0.563. The lowest BCUT2D eigenvalue weighted by atomic mass is 10.0. The molecule has 0 N–H and O–H groups in total. The standard InChI is InChI=1S/C23H26N2O3S2/c1-6-12-25-20-11-10-17(15(2)3)14-21(20)29-23(25)24-22(26)18-8-7-9-19(13-18)30(27,28)16(4)5/h6-11,13-16H,1,12H2,2-5H3. The molecule has 0 unspecified atom stereocenters. The van der Waals surface area contributed by atoms with Gasteiger partial charge in [-0.15, -0.1) is 6.58 Å². The summed E-state index contributed by atoms with van der Waals surface area (Å²) in [5.74, 6) is -0.0683. The predicted octanol–water partition coefficient (Wildman–Crippen LogP) is 4.94. The van der Waals surface area contributed by atoms with Crippen molar-refractivity contribution < 1.29 is 13.2 Å². The molecule has 1 heterocycles. The monoisotopic (exact) mass is 442 g/mol. The molecule has 0 saturated heterocycles. The second-order valence-corrected chi connectivity index (χ2v) is 11.2. The average Bonchev–Trinajstić information content (AvgIpc) is 3.04. The smallest absolute Gasteiger partial charge is 0.279 e. The van der Waals surface area contributed by atoms with Crippen LogP contribution in [0.15, 0.2) is 65.0 Å². The lowest BCUT2D eigenvalue weighted by molar-refractivity contribution is 0.0997. The van der Waals surface area contributed by atoms with Gasteiger partial charge in [0.05, 0.1) is 20.4 Å². The highest BCUT2D eigenvalue weighted by Crippen LogP contribution is 2.24. The Bertz CT molecular complexity index is 1280. The molecule has 0 radical (unpaired) electrons. The van der Waals surface area contributed by atoms with E-state index in [4.69, 9.17) is 0 Å². The number of rotatable bonds is 6. The lowest BCUT2D eigenvalue weighted by Gasteiger charge is -2.08. The van der Waals surface area contributed by atoms with Gasteiger partial charge in [-0.1, -0.05) is 43.4 Å². The number of aromatic nitrogens is 1. The van der Waals surface area contributed by atoms with E-state index in [1.54, 1.807) is 32.1 Å². The summed E-state index contributed by atoms with van der Waals surface area (Å²) < 4.78 is 27.9. The van der Waals surface area contributed by atoms with Crippen molar-refractivity contribution in [2.24, 2.45) is 4.99 Å². The molecule has 1 aromatic heterocycles. The number of fused-ring (bicyclic) bond motifs is 1. The molecule has 0 spiro atoms. The fourth-order valence-corrected chi connectivity index (χ4v) is 5.26. The van der Waals surface area contributed by atoms with Crippen LogP contribution in [-0.2, 0) is 16.4 Å². The molecule has 7 heteroatoms. The van der Waals surface area contributed by atoms with Crippen molar-refractivity contribution in [1.29, 1.82) is 0 Å². The van der Waals surface area contributed by atoms with E-state index in [0.29, 0.717) is 17.3 Å². The average molecular weight is 443 g/mol. The Kier molecular flexibility index (Phi) is 6.43. The van der Waals surface area contributed by atoms with Gasteiger partial charge in [0.1, 0.15) is 0 Å². The SMILES string of the molecule is C=CCn1c(=NC(=O)c2cccc(S(=O)(=O)C(C)C)c2)sc2cc(C(C)C)ccc21. The van der Waals surface area contributed by atoms with Gasteiger partial charge in [0, 0.05) is 12.1 Å². The van der Waals surface area contributed by atoms with Crippen LogP contribution >= 0.6 is 11.3 Å². The van der Waals surface area contributed by atoms with E-state index in [9.17, 15) is 13.2 Å². The van der Waals surface area contributed by atoms with Gasteiger partial charge < -0.3 is 4.57 Å². The van der Waals surface area contributed by atoms with Gasteiger partial charge in [0.25, 0.3) is 5.91 Å². The number of thiazole rings is 1. The molecule has 30 heavy (non-hydrogen) atoms. The van der Waals surface area contributed by atoms with E-state index in [2.05, 4.69) is 37.6 Å². The van der Waals surface area contributed by atoms with Gasteiger partial charge in [-0.3, -0.25) is 4.79 Å². The number of sulfone groups is 1. The number of amides is 1. The van der Waals surface area contributed by atoms with Crippen molar-refractivity contribution in [3.63, 3.8) is 0 Å². The van der Waals surface area contributed by atoms with Crippen LogP contribution in [0.3, 0.4) is 0 Å². The van der Waals surface area contributed by atoms with Crippen molar-refractivity contribution in [2.75, 3.05) is 0 Å². The minimum absolute atomic E-state index is 0.135. The molecule has 0 fully saturated rings. The van der Waals surface area contributed by atoms with Crippen LogP contribution < -0.4 is 4.80 Å². The molecular formula is C23H26N2O3S2. The molecular weight excluding hydrogens is 416 g/mol. The highest BCUT2D eigenvalue weighted by Gasteiger charge is 2.20. The van der Waals surface area contributed by atoms with Crippen LogP contribution in [0.2, 0.25) is 0 Å². The number of hydrogen-bond acceptors (Lipinski definition) is 4. The predicted molar refractivity (Wildman–Crippen MR) is 123 cm³/mol. The van der Waals surface area contributed by atoms with Gasteiger partial charge in [0.15, 0.2) is 14.6 Å². The largest absolute Gasteiger partial charge is 0.312 e. The first kappa shape index (κ1) is 22.2. The Labute approximate surface area is 181 Å². The summed E-state index contributed by atoms with van der Waals surface area (Å²) in [4.78, 5) is 17.9. The van der Waals surface area contributed by atoms with Gasteiger partial charge in [-0.2, -0.15) is 4.99 Å². The van der Waals surface area contributed by atoms with Gasteiger partial charge >= 0.3 is 0 Å². The first-order chi connectivity index (χ1) is 14.1. The summed E-state index contributed by atoms with van der Waals surface area (Å²) >= 11 is 1.44. The normalized spacial score (nSPS) is 12.8. The summed E-state index contributed by atoms with van der Waals surface area (Å²) in [6, 6.07) is 12.3. The van der Waals surface area contributed by atoms with Crippen LogP contribution in [0.1, 0.15) is 49.5 Å². The summed E-state index contributed by atoms with van der Waals surface area (Å²) in [7, 11) is -3.47. The quantitative estimate of drug-likeness (QED) is 0.508. The maximum atomic E-state index is 12.9. The molecule has 2 aromatic carbocycles. The third-order valence-corrected chi connectivity index (χ3v) is 8.11. The summed E-state index contributed by atoms with van der Waals surface area (Å²) in [6.45, 7) is 11.9. The molecule has 0 aliphatic carbocycles. The van der Waals surface area contributed by atoms with Crippen LogP contribution in [-0.4, -0.2) is 24.1 Å². The number of carbonyl (C=O) groups is 1. The fourth-order valence-electron chi connectivity index (χ4n) is 3.07. The van der Waals surface area contributed by atoms with Crippen molar-refractivity contribution >= 4 is 37.3 Å². The minimum atomic E-state index is -3.47. The molecule has 0 atom stereocenters. The molecule has 3 rings (SSSR count). The van der Waals surface area contributed by atoms with Crippen molar-refractivity contribution in [3.05, 3.63) is 71.0 Å². The Morgan fingerprint density at radius 1 is 1.17 bits per heavy atom. The maximum absolute atomic E-state index is 12.9. The zero-order valence-corrected chi connectivity index (χ0v) is 19.3. The van der Waals surface area contributed by atoms with Gasteiger partial charge in [-0.05, 0) is 55.7 Å². The number of benzene rings is 2. The first-order valence-corrected chi connectivity index (χ1v) is 12.2. The van der Waals surface area contributed by atoms with Crippen LogP contribution in [0.25, 0.3) is 10.2 Å². The van der Waals surface area contributed by atoms with E-state index in [0.717, 1.165) is 10.2 Å².